The maximum absolute atomic E-state index is 6.38. The van der Waals surface area contributed by atoms with Gasteiger partial charge in [-0.3, -0.25) is 0 Å². The second kappa shape index (κ2) is 6.00. The van der Waals surface area contributed by atoms with E-state index in [4.69, 9.17) is 9.16 Å². The maximum Gasteiger partial charge on any atom is 0.192 e. The molecule has 0 radical (unpaired) electrons. The molecule has 1 aromatic rings. The highest BCUT2D eigenvalue weighted by molar-refractivity contribution is 6.74. The van der Waals surface area contributed by atoms with Gasteiger partial charge in [-0.25, -0.2) is 0 Å². The van der Waals surface area contributed by atoms with Gasteiger partial charge in [-0.2, -0.15) is 0 Å². The molecule has 112 valence electrons. The van der Waals surface area contributed by atoms with Gasteiger partial charge in [-0.1, -0.05) is 51.1 Å². The second-order valence-corrected chi connectivity index (χ2v) is 12.1. The van der Waals surface area contributed by atoms with Crippen molar-refractivity contribution in [3.05, 3.63) is 35.9 Å². The lowest BCUT2D eigenvalue weighted by molar-refractivity contribution is -0.0726. The van der Waals surface area contributed by atoms with Crippen LogP contribution in [0.4, 0.5) is 0 Å². The molecule has 0 unspecified atom stereocenters. The summed E-state index contributed by atoms with van der Waals surface area (Å²) >= 11 is 0. The largest absolute Gasteiger partial charge is 0.414 e. The fourth-order valence-electron chi connectivity index (χ4n) is 2.13. The monoisotopic (exact) mass is 292 g/mol. The molecule has 2 rings (SSSR count). The molecule has 1 aromatic carbocycles. The summed E-state index contributed by atoms with van der Waals surface area (Å²) < 4.78 is 12.3. The van der Waals surface area contributed by atoms with Crippen LogP contribution < -0.4 is 0 Å². The van der Waals surface area contributed by atoms with Gasteiger partial charge in [-0.15, -0.1) is 0 Å². The van der Waals surface area contributed by atoms with Gasteiger partial charge in [0.05, 0.1) is 12.7 Å². The molecular formula is C17H28O2Si. The van der Waals surface area contributed by atoms with Crippen LogP contribution in [0.2, 0.25) is 18.1 Å². The third-order valence-corrected chi connectivity index (χ3v) is 9.18. The van der Waals surface area contributed by atoms with E-state index in [1.165, 1.54) is 5.56 Å². The lowest BCUT2D eigenvalue weighted by Crippen LogP contribution is -2.49. The van der Waals surface area contributed by atoms with Crippen molar-refractivity contribution in [1.82, 2.24) is 0 Å². The van der Waals surface area contributed by atoms with Crippen LogP contribution in [0.1, 0.15) is 39.2 Å². The number of benzene rings is 1. The molecule has 1 aliphatic rings. The summed E-state index contributed by atoms with van der Waals surface area (Å²) in [5.41, 5.74) is 1.25. The van der Waals surface area contributed by atoms with Gasteiger partial charge in [0.25, 0.3) is 0 Å². The summed E-state index contributed by atoms with van der Waals surface area (Å²) in [4.78, 5) is 0. The third-order valence-electron chi connectivity index (χ3n) is 4.65. The first-order valence-corrected chi connectivity index (χ1v) is 10.5. The highest BCUT2D eigenvalue weighted by Crippen LogP contribution is 2.40. The van der Waals surface area contributed by atoms with E-state index in [1.54, 1.807) is 0 Å². The van der Waals surface area contributed by atoms with Crippen LogP contribution in [0.3, 0.4) is 0 Å². The topological polar surface area (TPSA) is 18.5 Å². The zero-order chi connectivity index (χ0) is 14.8. The molecule has 0 aromatic heterocycles. The van der Waals surface area contributed by atoms with Crippen LogP contribution in [-0.2, 0) is 15.8 Å². The Bertz CT molecular complexity index is 416. The molecule has 1 fully saturated rings. The summed E-state index contributed by atoms with van der Waals surface area (Å²) in [6.45, 7) is 12.2. The summed E-state index contributed by atoms with van der Waals surface area (Å²) in [5.74, 6) is 0. The average molecular weight is 292 g/mol. The predicted octanol–water partition coefficient (Wildman–Crippen LogP) is 4.76. The minimum absolute atomic E-state index is 0.295. The smallest absolute Gasteiger partial charge is 0.192 e. The highest BCUT2D eigenvalue weighted by atomic mass is 28.4. The molecule has 0 aliphatic heterocycles. The molecule has 0 saturated heterocycles. The number of ether oxygens (including phenoxy) is 1. The minimum Gasteiger partial charge on any atom is -0.414 e. The van der Waals surface area contributed by atoms with E-state index in [-0.39, 0.29) is 0 Å². The Labute approximate surface area is 124 Å². The molecule has 20 heavy (non-hydrogen) atoms. The standard InChI is InChI=1S/C17H28O2Si/c1-17(2,3)20(4,5)19-16-11-15(12-16)18-13-14-9-7-6-8-10-14/h6-10,15-16H,11-13H2,1-5H3/t15-,16+. The van der Waals surface area contributed by atoms with Crippen molar-refractivity contribution >= 4 is 8.32 Å². The van der Waals surface area contributed by atoms with Gasteiger partial charge in [0.15, 0.2) is 8.32 Å². The van der Waals surface area contributed by atoms with E-state index >= 15 is 0 Å². The lowest BCUT2D eigenvalue weighted by Gasteiger charge is -2.44. The Morgan fingerprint density at radius 1 is 1.05 bits per heavy atom. The molecule has 0 N–H and O–H groups in total. The Balaban J connectivity index is 1.70. The predicted molar refractivity (Wildman–Crippen MR) is 86.3 cm³/mol. The van der Waals surface area contributed by atoms with Gasteiger partial charge < -0.3 is 9.16 Å². The number of hydrogen-bond acceptors (Lipinski definition) is 2. The molecule has 0 bridgehead atoms. The first kappa shape index (κ1) is 15.7. The summed E-state index contributed by atoms with van der Waals surface area (Å²) in [6, 6.07) is 10.4. The van der Waals surface area contributed by atoms with E-state index in [0.717, 1.165) is 19.4 Å². The normalized spacial score (nSPS) is 23.4. The van der Waals surface area contributed by atoms with Crippen LogP contribution in [0, 0.1) is 0 Å². The third kappa shape index (κ3) is 3.93. The van der Waals surface area contributed by atoms with Crippen molar-refractivity contribution in [2.75, 3.05) is 0 Å². The second-order valence-electron chi connectivity index (χ2n) is 7.39. The van der Waals surface area contributed by atoms with E-state index in [9.17, 15) is 0 Å². The van der Waals surface area contributed by atoms with Crippen LogP contribution in [0.5, 0.6) is 0 Å². The zero-order valence-electron chi connectivity index (χ0n) is 13.5. The van der Waals surface area contributed by atoms with Crippen molar-refractivity contribution in [2.45, 2.75) is 70.6 Å². The van der Waals surface area contributed by atoms with Crippen molar-refractivity contribution < 1.29 is 9.16 Å². The zero-order valence-corrected chi connectivity index (χ0v) is 14.5. The Morgan fingerprint density at radius 2 is 1.65 bits per heavy atom. The van der Waals surface area contributed by atoms with Crippen molar-refractivity contribution in [1.29, 1.82) is 0 Å². The number of hydrogen-bond donors (Lipinski definition) is 0. The highest BCUT2D eigenvalue weighted by Gasteiger charge is 2.42. The Hall–Kier alpha value is -0.643. The minimum atomic E-state index is -1.61. The summed E-state index contributed by atoms with van der Waals surface area (Å²) in [7, 11) is -1.61. The van der Waals surface area contributed by atoms with Gasteiger partial charge in [0.1, 0.15) is 0 Å². The van der Waals surface area contributed by atoms with Crippen LogP contribution in [0.25, 0.3) is 0 Å². The molecule has 0 spiro atoms. The fourth-order valence-corrected chi connectivity index (χ4v) is 3.51. The van der Waals surface area contributed by atoms with Crippen LogP contribution >= 0.6 is 0 Å². The Morgan fingerprint density at radius 3 is 2.20 bits per heavy atom. The molecule has 1 aliphatic carbocycles. The Kier molecular flexibility index (Phi) is 4.72. The van der Waals surface area contributed by atoms with E-state index in [2.05, 4.69) is 58.1 Å². The quantitative estimate of drug-likeness (QED) is 0.729. The number of rotatable bonds is 5. The van der Waals surface area contributed by atoms with Crippen LogP contribution in [-0.4, -0.2) is 20.5 Å². The molecule has 0 atom stereocenters. The van der Waals surface area contributed by atoms with E-state index < -0.39 is 8.32 Å². The van der Waals surface area contributed by atoms with Crippen molar-refractivity contribution in [3.63, 3.8) is 0 Å². The molecule has 0 amide bonds. The average Bonchev–Trinajstić information content (AvgIpc) is 2.31. The van der Waals surface area contributed by atoms with Crippen molar-refractivity contribution in [3.8, 4) is 0 Å². The van der Waals surface area contributed by atoms with Gasteiger partial charge >= 0.3 is 0 Å². The SMILES string of the molecule is CC(C)(C)[Si](C)(C)O[C@H]1C[C@@H](OCc2ccccc2)C1. The molecule has 0 heterocycles. The summed E-state index contributed by atoms with van der Waals surface area (Å²) in [6.07, 6.45) is 2.90. The van der Waals surface area contributed by atoms with Gasteiger partial charge in [0, 0.05) is 6.10 Å². The maximum atomic E-state index is 6.38. The van der Waals surface area contributed by atoms with Gasteiger partial charge in [-0.05, 0) is 36.5 Å². The first-order chi connectivity index (χ1) is 9.28. The van der Waals surface area contributed by atoms with Gasteiger partial charge in [0.2, 0.25) is 0 Å². The molecule has 2 nitrogen and oxygen atoms in total. The van der Waals surface area contributed by atoms with E-state index in [0.29, 0.717) is 17.2 Å². The molecular weight excluding hydrogens is 264 g/mol. The van der Waals surface area contributed by atoms with Crippen LogP contribution in [0.15, 0.2) is 30.3 Å². The molecule has 3 heteroatoms. The summed E-state index contributed by atoms with van der Waals surface area (Å²) in [5, 5.41) is 0.295. The fraction of sp³-hybridized carbons (Fsp3) is 0.647. The van der Waals surface area contributed by atoms with E-state index in [1.807, 2.05) is 6.07 Å². The lowest BCUT2D eigenvalue weighted by atomic mass is 9.92. The molecule has 1 saturated carbocycles. The first-order valence-electron chi connectivity index (χ1n) is 7.61. The van der Waals surface area contributed by atoms with Crippen molar-refractivity contribution in [2.24, 2.45) is 0 Å².